The molecule has 3 amide bonds. The zero-order chi connectivity index (χ0) is 25.7. The third-order valence-electron chi connectivity index (χ3n) is 6.69. The number of hydrogen-bond acceptors (Lipinski definition) is 6. The van der Waals surface area contributed by atoms with Crippen molar-refractivity contribution in [1.82, 2.24) is 29.3 Å². The zero-order valence-electron chi connectivity index (χ0n) is 20.6. The van der Waals surface area contributed by atoms with Gasteiger partial charge in [0.05, 0.1) is 19.5 Å². The number of amides is 3. The van der Waals surface area contributed by atoms with E-state index in [1.54, 1.807) is 11.7 Å². The highest BCUT2D eigenvalue weighted by molar-refractivity contribution is 5.94. The first kappa shape index (κ1) is 25.4. The van der Waals surface area contributed by atoms with E-state index in [9.17, 15) is 19.2 Å². The Kier molecular flexibility index (Phi) is 7.99. The molecule has 0 spiro atoms. The Morgan fingerprint density at radius 1 is 1.11 bits per heavy atom. The van der Waals surface area contributed by atoms with Gasteiger partial charge in [-0.1, -0.05) is 50.1 Å². The van der Waals surface area contributed by atoms with Gasteiger partial charge in [-0.25, -0.2) is 19.1 Å². The standard InChI is InChI=1S/C25H32N6O5/c1-17-8-6-7-11-19(17)27-24(34)28-20(32)15-31-23(33)21-22(26-16-29(21)12-13-36-2)30(25(31)35)14-18-9-4-3-5-10-18/h3-5,9-10,16-17,19H,6-8,11-15H2,1-2H3,(H2,27,28,32,34)/t17-,19-/m0/s1. The van der Waals surface area contributed by atoms with E-state index in [4.69, 9.17) is 4.74 Å². The van der Waals surface area contributed by atoms with Gasteiger partial charge < -0.3 is 14.6 Å². The Morgan fingerprint density at radius 2 is 1.86 bits per heavy atom. The second-order valence-corrected chi connectivity index (χ2v) is 9.24. The van der Waals surface area contributed by atoms with E-state index in [2.05, 4.69) is 22.5 Å². The van der Waals surface area contributed by atoms with E-state index in [1.165, 1.54) is 10.9 Å². The fraction of sp³-hybridized carbons (Fsp3) is 0.480. The number of aromatic nitrogens is 4. The Morgan fingerprint density at radius 3 is 2.58 bits per heavy atom. The molecule has 2 heterocycles. The second-order valence-electron chi connectivity index (χ2n) is 9.24. The van der Waals surface area contributed by atoms with Crippen LogP contribution in [0.2, 0.25) is 0 Å². The van der Waals surface area contributed by atoms with Crippen LogP contribution >= 0.6 is 0 Å². The zero-order valence-corrected chi connectivity index (χ0v) is 20.6. The monoisotopic (exact) mass is 496 g/mol. The Bertz CT molecular complexity index is 1340. The van der Waals surface area contributed by atoms with Crippen molar-refractivity contribution >= 4 is 23.1 Å². The summed E-state index contributed by atoms with van der Waals surface area (Å²) in [7, 11) is 1.55. The molecule has 1 fully saturated rings. The van der Waals surface area contributed by atoms with Gasteiger partial charge in [0.15, 0.2) is 11.2 Å². The van der Waals surface area contributed by atoms with Crippen molar-refractivity contribution in [3.63, 3.8) is 0 Å². The summed E-state index contributed by atoms with van der Waals surface area (Å²) < 4.78 is 8.95. The van der Waals surface area contributed by atoms with Gasteiger partial charge in [0.25, 0.3) is 5.56 Å². The highest BCUT2D eigenvalue weighted by Gasteiger charge is 2.24. The highest BCUT2D eigenvalue weighted by atomic mass is 16.5. The highest BCUT2D eigenvalue weighted by Crippen LogP contribution is 2.23. The van der Waals surface area contributed by atoms with Crippen LogP contribution in [0.4, 0.5) is 4.79 Å². The van der Waals surface area contributed by atoms with Crippen LogP contribution in [0.5, 0.6) is 0 Å². The fourth-order valence-electron chi connectivity index (χ4n) is 4.69. The summed E-state index contributed by atoms with van der Waals surface area (Å²) in [4.78, 5) is 56.2. The number of benzene rings is 1. The molecule has 192 valence electrons. The summed E-state index contributed by atoms with van der Waals surface area (Å²) in [6.45, 7) is 2.33. The Labute approximate surface area is 208 Å². The number of ether oxygens (including phenoxy) is 1. The van der Waals surface area contributed by atoms with Gasteiger partial charge >= 0.3 is 11.7 Å². The molecular formula is C25H32N6O5. The Balaban J connectivity index is 1.63. The number of imidazole rings is 1. The van der Waals surface area contributed by atoms with Gasteiger partial charge in [0.1, 0.15) is 6.54 Å². The minimum atomic E-state index is -0.747. The largest absolute Gasteiger partial charge is 0.383 e. The summed E-state index contributed by atoms with van der Waals surface area (Å²) >= 11 is 0. The minimum Gasteiger partial charge on any atom is -0.383 e. The van der Waals surface area contributed by atoms with Crippen LogP contribution in [0.15, 0.2) is 46.2 Å². The molecule has 0 bridgehead atoms. The molecule has 11 heteroatoms. The van der Waals surface area contributed by atoms with Crippen LogP contribution in [0.3, 0.4) is 0 Å². The molecule has 1 aliphatic carbocycles. The third kappa shape index (κ3) is 5.56. The topological polar surface area (TPSA) is 129 Å². The second kappa shape index (κ2) is 11.3. The summed E-state index contributed by atoms with van der Waals surface area (Å²) in [6.07, 6.45) is 5.51. The number of carbonyl (C=O) groups is 2. The van der Waals surface area contributed by atoms with Crippen LogP contribution in [-0.4, -0.2) is 50.4 Å². The Hall–Kier alpha value is -3.73. The molecule has 2 atom stereocenters. The molecule has 3 aromatic rings. The number of nitrogens with zero attached hydrogens (tertiary/aromatic N) is 4. The van der Waals surface area contributed by atoms with Crippen LogP contribution in [0, 0.1) is 5.92 Å². The molecule has 1 aliphatic rings. The van der Waals surface area contributed by atoms with Crippen molar-refractivity contribution < 1.29 is 14.3 Å². The lowest BCUT2D eigenvalue weighted by molar-refractivity contribution is -0.120. The number of hydrogen-bond donors (Lipinski definition) is 2. The van der Waals surface area contributed by atoms with Crippen LogP contribution < -0.4 is 21.9 Å². The smallest absolute Gasteiger partial charge is 0.333 e. The fourth-order valence-corrected chi connectivity index (χ4v) is 4.69. The van der Waals surface area contributed by atoms with Crippen molar-refractivity contribution in [1.29, 1.82) is 0 Å². The van der Waals surface area contributed by atoms with Crippen LogP contribution in [-0.2, 0) is 29.2 Å². The van der Waals surface area contributed by atoms with Crippen LogP contribution in [0.25, 0.3) is 11.2 Å². The number of nitrogens with one attached hydrogen (secondary N) is 2. The number of imide groups is 1. The van der Waals surface area contributed by atoms with E-state index in [1.807, 2.05) is 30.3 Å². The normalized spacial score (nSPS) is 17.7. The van der Waals surface area contributed by atoms with E-state index >= 15 is 0 Å². The lowest BCUT2D eigenvalue weighted by Gasteiger charge is -2.29. The van der Waals surface area contributed by atoms with E-state index in [-0.39, 0.29) is 23.8 Å². The number of methoxy groups -OCH3 is 1. The van der Waals surface area contributed by atoms with Gasteiger partial charge in [-0.2, -0.15) is 0 Å². The van der Waals surface area contributed by atoms with Crippen LogP contribution in [0.1, 0.15) is 38.2 Å². The number of fused-ring (bicyclic) bond motifs is 1. The molecule has 1 aromatic carbocycles. The first-order valence-electron chi connectivity index (χ1n) is 12.2. The molecular weight excluding hydrogens is 464 g/mol. The first-order valence-corrected chi connectivity index (χ1v) is 12.2. The molecule has 0 saturated heterocycles. The van der Waals surface area contributed by atoms with Crippen molar-refractivity contribution in [2.24, 2.45) is 5.92 Å². The molecule has 0 unspecified atom stereocenters. The van der Waals surface area contributed by atoms with E-state index in [0.29, 0.717) is 19.1 Å². The molecule has 0 radical (unpaired) electrons. The third-order valence-corrected chi connectivity index (χ3v) is 6.69. The predicted octanol–water partition coefficient (Wildman–Crippen LogP) is 1.46. The summed E-state index contributed by atoms with van der Waals surface area (Å²) in [5, 5.41) is 5.12. The molecule has 2 aromatic heterocycles. The summed E-state index contributed by atoms with van der Waals surface area (Å²) in [5.41, 5.74) is -0.0707. The lowest BCUT2D eigenvalue weighted by Crippen LogP contribution is -2.50. The van der Waals surface area contributed by atoms with Gasteiger partial charge in [-0.05, 0) is 24.3 Å². The maximum Gasteiger partial charge on any atom is 0.333 e. The minimum absolute atomic E-state index is 0.0103. The predicted molar refractivity (Wildman–Crippen MR) is 134 cm³/mol. The maximum absolute atomic E-state index is 13.4. The summed E-state index contributed by atoms with van der Waals surface area (Å²) in [6, 6.07) is 8.66. The van der Waals surface area contributed by atoms with Gasteiger partial charge in [-0.15, -0.1) is 0 Å². The summed E-state index contributed by atoms with van der Waals surface area (Å²) in [5.74, 6) is -0.425. The maximum atomic E-state index is 13.4. The van der Waals surface area contributed by atoms with E-state index < -0.39 is 29.7 Å². The molecule has 36 heavy (non-hydrogen) atoms. The van der Waals surface area contributed by atoms with Gasteiger partial charge in [0.2, 0.25) is 5.91 Å². The molecule has 0 aliphatic heterocycles. The quantitative estimate of drug-likeness (QED) is 0.486. The average Bonchev–Trinajstić information content (AvgIpc) is 3.29. The van der Waals surface area contributed by atoms with Crippen molar-refractivity contribution in [3.05, 3.63) is 63.1 Å². The van der Waals surface area contributed by atoms with Gasteiger partial charge in [-0.3, -0.25) is 19.5 Å². The molecule has 11 nitrogen and oxygen atoms in total. The average molecular weight is 497 g/mol. The van der Waals surface area contributed by atoms with E-state index in [0.717, 1.165) is 35.8 Å². The SMILES string of the molecule is COCCn1cnc2c1c(=O)n(CC(=O)NC(=O)N[C@H]1CCCC[C@@H]1C)c(=O)n2Cc1ccccc1. The number of rotatable bonds is 8. The van der Waals surface area contributed by atoms with Crippen molar-refractivity contribution in [2.45, 2.75) is 58.3 Å². The lowest BCUT2D eigenvalue weighted by atomic mass is 9.86. The molecule has 2 N–H and O–H groups in total. The molecule has 1 saturated carbocycles. The number of urea groups is 1. The first-order chi connectivity index (χ1) is 17.4. The van der Waals surface area contributed by atoms with Gasteiger partial charge in [0, 0.05) is 19.7 Å². The molecule has 4 rings (SSSR count). The van der Waals surface area contributed by atoms with Crippen molar-refractivity contribution in [2.75, 3.05) is 13.7 Å². The number of carbonyl (C=O) groups excluding carboxylic acids is 2. The van der Waals surface area contributed by atoms with Crippen molar-refractivity contribution in [3.8, 4) is 0 Å².